The Hall–Kier alpha value is -0.0900. The molecule has 0 radical (unpaired) electrons. The van der Waals surface area contributed by atoms with Gasteiger partial charge in [0, 0.05) is 40.7 Å². The van der Waals surface area contributed by atoms with Gasteiger partial charge in [-0.15, -0.1) is 0 Å². The molecule has 2 atom stereocenters. The highest BCUT2D eigenvalue weighted by atomic mass is 79.9. The zero-order chi connectivity index (χ0) is 14.8. The van der Waals surface area contributed by atoms with Crippen LogP contribution < -0.4 is 5.32 Å². The van der Waals surface area contributed by atoms with Crippen LogP contribution in [0.3, 0.4) is 0 Å². The number of piperazine rings is 1. The summed E-state index contributed by atoms with van der Waals surface area (Å²) in [6, 6.07) is 6.78. The van der Waals surface area contributed by atoms with Gasteiger partial charge in [0.1, 0.15) is 0 Å². The molecule has 1 fully saturated rings. The van der Waals surface area contributed by atoms with Gasteiger partial charge in [-0.1, -0.05) is 47.4 Å². The van der Waals surface area contributed by atoms with E-state index in [4.69, 9.17) is 11.6 Å². The zero-order valence-corrected chi connectivity index (χ0v) is 14.9. The summed E-state index contributed by atoms with van der Waals surface area (Å²) < 4.78 is 1.04. The zero-order valence-electron chi connectivity index (χ0n) is 12.5. The maximum Gasteiger partial charge on any atom is 0.0462 e. The van der Waals surface area contributed by atoms with Crippen LogP contribution >= 0.6 is 27.5 Å². The van der Waals surface area contributed by atoms with Crippen LogP contribution in [0.25, 0.3) is 0 Å². The molecule has 2 rings (SSSR count). The van der Waals surface area contributed by atoms with E-state index >= 15 is 0 Å². The fourth-order valence-corrected chi connectivity index (χ4v) is 3.49. The Kier molecular flexibility index (Phi) is 5.52. The molecule has 4 heteroatoms. The predicted octanol–water partition coefficient (Wildman–Crippen LogP) is 4.46. The summed E-state index contributed by atoms with van der Waals surface area (Å²) in [5, 5.41) is 4.52. The van der Waals surface area contributed by atoms with Crippen molar-refractivity contribution in [1.82, 2.24) is 10.2 Å². The molecule has 0 amide bonds. The molecule has 1 aliphatic rings. The molecule has 0 saturated carbocycles. The molecule has 0 aliphatic carbocycles. The first-order valence-corrected chi connectivity index (χ1v) is 8.58. The maximum atomic E-state index is 6.38. The van der Waals surface area contributed by atoms with Gasteiger partial charge >= 0.3 is 0 Å². The lowest BCUT2D eigenvalue weighted by Gasteiger charge is -2.48. The number of nitrogens with zero attached hydrogens (tertiary/aromatic N) is 1. The van der Waals surface area contributed by atoms with Crippen molar-refractivity contribution in [1.29, 1.82) is 0 Å². The molecule has 112 valence electrons. The van der Waals surface area contributed by atoms with Crippen molar-refractivity contribution in [3.63, 3.8) is 0 Å². The lowest BCUT2D eigenvalue weighted by Crippen LogP contribution is -2.62. The Balaban J connectivity index is 2.18. The van der Waals surface area contributed by atoms with E-state index in [1.165, 1.54) is 12.0 Å². The fourth-order valence-electron chi connectivity index (χ4n) is 2.76. The maximum absolute atomic E-state index is 6.38. The highest BCUT2D eigenvalue weighted by Crippen LogP contribution is 2.29. The largest absolute Gasteiger partial charge is 0.311 e. The molecular weight excluding hydrogens is 336 g/mol. The van der Waals surface area contributed by atoms with Gasteiger partial charge in [-0.25, -0.2) is 0 Å². The van der Waals surface area contributed by atoms with Gasteiger partial charge in [0.2, 0.25) is 0 Å². The molecule has 1 N–H and O–H groups in total. The van der Waals surface area contributed by atoms with Gasteiger partial charge in [0.15, 0.2) is 0 Å². The summed E-state index contributed by atoms with van der Waals surface area (Å²) in [7, 11) is 0. The second-order valence-electron chi connectivity index (χ2n) is 5.95. The van der Waals surface area contributed by atoms with Crippen LogP contribution in [0.1, 0.15) is 39.2 Å². The standard InChI is InChI=1S/C16H24BrClN2/c1-4-14-10-20(16(3,5-2)11-19-14)9-12-6-7-13(17)8-15(12)18/h6-8,14,19H,4-5,9-11H2,1-3H3. The van der Waals surface area contributed by atoms with Gasteiger partial charge in [0.05, 0.1) is 0 Å². The van der Waals surface area contributed by atoms with Gasteiger partial charge < -0.3 is 5.32 Å². The van der Waals surface area contributed by atoms with E-state index < -0.39 is 0 Å². The van der Waals surface area contributed by atoms with Crippen LogP contribution in [-0.2, 0) is 6.54 Å². The minimum absolute atomic E-state index is 0.210. The molecule has 1 aromatic carbocycles. The Bertz CT molecular complexity index is 466. The quantitative estimate of drug-likeness (QED) is 0.854. The molecule has 1 saturated heterocycles. The lowest BCUT2D eigenvalue weighted by atomic mass is 9.91. The highest BCUT2D eigenvalue weighted by Gasteiger charge is 2.35. The van der Waals surface area contributed by atoms with Crippen molar-refractivity contribution in [3.05, 3.63) is 33.3 Å². The second kappa shape index (κ2) is 6.78. The topological polar surface area (TPSA) is 15.3 Å². The van der Waals surface area contributed by atoms with Crippen LogP contribution in [0.15, 0.2) is 22.7 Å². The number of halogens is 2. The SMILES string of the molecule is CCC1CN(Cc2ccc(Br)cc2Cl)C(C)(CC)CN1. The molecule has 1 aliphatic heterocycles. The van der Waals surface area contributed by atoms with Crippen molar-refractivity contribution in [2.75, 3.05) is 13.1 Å². The van der Waals surface area contributed by atoms with Crippen LogP contribution in [0.5, 0.6) is 0 Å². The van der Waals surface area contributed by atoms with Gasteiger partial charge in [-0.2, -0.15) is 0 Å². The normalized spacial score (nSPS) is 27.8. The number of hydrogen-bond donors (Lipinski definition) is 1. The molecule has 1 aromatic rings. The number of benzene rings is 1. The monoisotopic (exact) mass is 358 g/mol. The van der Waals surface area contributed by atoms with E-state index in [1.54, 1.807) is 0 Å². The molecule has 0 bridgehead atoms. The fraction of sp³-hybridized carbons (Fsp3) is 0.625. The van der Waals surface area contributed by atoms with E-state index in [0.717, 1.165) is 35.6 Å². The summed E-state index contributed by atoms with van der Waals surface area (Å²) in [4.78, 5) is 2.59. The van der Waals surface area contributed by atoms with Crippen molar-refractivity contribution in [2.24, 2.45) is 0 Å². The van der Waals surface area contributed by atoms with Crippen LogP contribution in [0.2, 0.25) is 5.02 Å². The summed E-state index contributed by atoms with van der Waals surface area (Å²) in [5.74, 6) is 0. The number of hydrogen-bond acceptors (Lipinski definition) is 2. The molecule has 0 aromatic heterocycles. The average molecular weight is 360 g/mol. The highest BCUT2D eigenvalue weighted by molar-refractivity contribution is 9.10. The Morgan fingerprint density at radius 1 is 1.45 bits per heavy atom. The number of nitrogens with one attached hydrogen (secondary N) is 1. The molecular formula is C16H24BrClN2. The van der Waals surface area contributed by atoms with Crippen molar-refractivity contribution in [2.45, 2.75) is 51.7 Å². The summed E-state index contributed by atoms with van der Waals surface area (Å²) in [6.07, 6.45) is 2.31. The van der Waals surface area contributed by atoms with E-state index in [1.807, 2.05) is 6.07 Å². The Morgan fingerprint density at radius 2 is 2.20 bits per heavy atom. The summed E-state index contributed by atoms with van der Waals surface area (Å²) in [6.45, 7) is 9.93. The van der Waals surface area contributed by atoms with Crippen LogP contribution in [0.4, 0.5) is 0 Å². The average Bonchev–Trinajstić information content (AvgIpc) is 2.44. The molecule has 1 heterocycles. The summed E-state index contributed by atoms with van der Waals surface area (Å²) in [5.41, 5.74) is 1.42. The molecule has 2 nitrogen and oxygen atoms in total. The third kappa shape index (κ3) is 3.56. The third-order valence-electron chi connectivity index (χ3n) is 4.61. The van der Waals surface area contributed by atoms with Gasteiger partial charge in [-0.3, -0.25) is 4.90 Å². The minimum atomic E-state index is 0.210. The molecule has 2 unspecified atom stereocenters. The smallest absolute Gasteiger partial charge is 0.0462 e. The van der Waals surface area contributed by atoms with Crippen LogP contribution in [-0.4, -0.2) is 29.6 Å². The first kappa shape index (κ1) is 16.3. The van der Waals surface area contributed by atoms with E-state index in [9.17, 15) is 0 Å². The minimum Gasteiger partial charge on any atom is -0.311 e. The molecule has 0 spiro atoms. The summed E-state index contributed by atoms with van der Waals surface area (Å²) >= 11 is 9.85. The predicted molar refractivity (Wildman–Crippen MR) is 90.3 cm³/mol. The Morgan fingerprint density at radius 3 is 2.80 bits per heavy atom. The van der Waals surface area contributed by atoms with E-state index in [-0.39, 0.29) is 5.54 Å². The van der Waals surface area contributed by atoms with E-state index in [0.29, 0.717) is 6.04 Å². The van der Waals surface area contributed by atoms with Crippen molar-refractivity contribution < 1.29 is 0 Å². The first-order valence-electron chi connectivity index (χ1n) is 7.41. The Labute approximate surface area is 136 Å². The van der Waals surface area contributed by atoms with Crippen molar-refractivity contribution >= 4 is 27.5 Å². The lowest BCUT2D eigenvalue weighted by molar-refractivity contribution is 0.0408. The number of rotatable bonds is 4. The first-order chi connectivity index (χ1) is 9.48. The second-order valence-corrected chi connectivity index (χ2v) is 7.28. The third-order valence-corrected chi connectivity index (χ3v) is 5.45. The van der Waals surface area contributed by atoms with E-state index in [2.05, 4.69) is 59.1 Å². The van der Waals surface area contributed by atoms with Gasteiger partial charge in [0.25, 0.3) is 0 Å². The molecule has 20 heavy (non-hydrogen) atoms. The van der Waals surface area contributed by atoms with Crippen LogP contribution in [0, 0.1) is 0 Å². The van der Waals surface area contributed by atoms with Gasteiger partial charge in [-0.05, 0) is 37.5 Å². The van der Waals surface area contributed by atoms with Crippen molar-refractivity contribution in [3.8, 4) is 0 Å².